The maximum absolute atomic E-state index is 11.4. The van der Waals surface area contributed by atoms with Crippen LogP contribution in [-0.2, 0) is 0 Å². The minimum Gasteiger partial charge on any atom is -0.398 e. The zero-order valence-electron chi connectivity index (χ0n) is 9.75. The number of benzene rings is 1. The monoisotopic (exact) mass is 238 g/mol. The highest BCUT2D eigenvalue weighted by Crippen LogP contribution is 2.26. The molecular weight excluding hydrogens is 220 g/mol. The van der Waals surface area contributed by atoms with E-state index in [-0.39, 0.29) is 5.91 Å². The summed E-state index contributed by atoms with van der Waals surface area (Å²) in [5.41, 5.74) is 7.27. The Morgan fingerprint density at radius 3 is 2.88 bits per heavy atom. The van der Waals surface area contributed by atoms with Gasteiger partial charge in [-0.2, -0.15) is 0 Å². The first-order valence-corrected chi connectivity index (χ1v) is 6.42. The fourth-order valence-electron chi connectivity index (χ4n) is 1.27. The predicted molar refractivity (Wildman–Crippen MR) is 69.9 cm³/mol. The van der Waals surface area contributed by atoms with Gasteiger partial charge in [-0.15, -0.1) is 11.8 Å². The lowest BCUT2D eigenvalue weighted by molar-refractivity contribution is 0.0963. The second-order valence-corrected chi connectivity index (χ2v) is 4.67. The van der Waals surface area contributed by atoms with Crippen molar-refractivity contribution in [2.45, 2.75) is 24.7 Å². The molecule has 0 saturated heterocycles. The van der Waals surface area contributed by atoms with Gasteiger partial charge in [-0.25, -0.2) is 0 Å². The van der Waals surface area contributed by atoms with E-state index in [1.165, 1.54) is 6.42 Å². The van der Waals surface area contributed by atoms with Gasteiger partial charge in [0.2, 0.25) is 0 Å². The zero-order valence-corrected chi connectivity index (χ0v) is 10.6. The Hall–Kier alpha value is -1.16. The molecule has 88 valence electrons. The number of carbonyl (C=O) groups excluding carboxylic acids is 1. The maximum atomic E-state index is 11.4. The Morgan fingerprint density at radius 2 is 2.25 bits per heavy atom. The summed E-state index contributed by atoms with van der Waals surface area (Å²) < 4.78 is 0. The van der Waals surface area contributed by atoms with E-state index in [2.05, 4.69) is 12.2 Å². The van der Waals surface area contributed by atoms with Crippen LogP contribution >= 0.6 is 11.8 Å². The van der Waals surface area contributed by atoms with Gasteiger partial charge >= 0.3 is 0 Å². The molecule has 4 heteroatoms. The average Bonchev–Trinajstić information content (AvgIpc) is 2.31. The summed E-state index contributed by atoms with van der Waals surface area (Å²) in [5.74, 6) is 0.968. The first kappa shape index (κ1) is 12.9. The van der Waals surface area contributed by atoms with Gasteiger partial charge in [0.1, 0.15) is 0 Å². The fraction of sp³-hybridized carbons (Fsp3) is 0.417. The standard InChI is InChI=1S/C12H18N2OS/c1-3-4-7-16-11-8-9(12(15)14-2)5-6-10(11)13/h5-6,8H,3-4,7,13H2,1-2H3,(H,14,15). The largest absolute Gasteiger partial charge is 0.398 e. The number of nitrogens with one attached hydrogen (secondary N) is 1. The Kier molecular flexibility index (Phi) is 5.19. The third-order valence-electron chi connectivity index (χ3n) is 2.26. The maximum Gasteiger partial charge on any atom is 0.251 e. The van der Waals surface area contributed by atoms with E-state index in [0.717, 1.165) is 22.8 Å². The molecule has 0 aliphatic carbocycles. The molecule has 0 spiro atoms. The second-order valence-electron chi connectivity index (χ2n) is 3.53. The van der Waals surface area contributed by atoms with Crippen LogP contribution in [0.2, 0.25) is 0 Å². The highest BCUT2D eigenvalue weighted by atomic mass is 32.2. The molecule has 0 saturated carbocycles. The number of amides is 1. The van der Waals surface area contributed by atoms with Crippen molar-refractivity contribution >= 4 is 23.4 Å². The van der Waals surface area contributed by atoms with Crippen LogP contribution in [-0.4, -0.2) is 18.7 Å². The van der Waals surface area contributed by atoms with Crippen molar-refractivity contribution < 1.29 is 4.79 Å². The lowest BCUT2D eigenvalue weighted by Gasteiger charge is -2.07. The van der Waals surface area contributed by atoms with Crippen LogP contribution in [0.4, 0.5) is 5.69 Å². The molecule has 0 bridgehead atoms. The smallest absolute Gasteiger partial charge is 0.251 e. The molecule has 0 aliphatic heterocycles. The van der Waals surface area contributed by atoms with Gasteiger partial charge in [0.15, 0.2) is 0 Å². The molecule has 0 aliphatic rings. The summed E-state index contributed by atoms with van der Waals surface area (Å²) in [6.45, 7) is 2.16. The van der Waals surface area contributed by atoms with Crippen molar-refractivity contribution in [1.29, 1.82) is 0 Å². The second kappa shape index (κ2) is 6.43. The fourth-order valence-corrected chi connectivity index (χ4v) is 2.37. The SMILES string of the molecule is CCCCSc1cc(C(=O)NC)ccc1N. The predicted octanol–water partition coefficient (Wildman–Crippen LogP) is 2.52. The number of nitrogen functional groups attached to an aromatic ring is 1. The van der Waals surface area contributed by atoms with E-state index in [1.54, 1.807) is 30.9 Å². The minimum absolute atomic E-state index is 0.0719. The highest BCUT2D eigenvalue weighted by Gasteiger charge is 2.06. The van der Waals surface area contributed by atoms with Crippen LogP contribution in [0, 0.1) is 0 Å². The van der Waals surface area contributed by atoms with Gasteiger partial charge in [-0.1, -0.05) is 13.3 Å². The Labute approximate surface area is 101 Å². The van der Waals surface area contributed by atoms with Crippen LogP contribution in [0.15, 0.2) is 23.1 Å². The number of thioether (sulfide) groups is 1. The van der Waals surface area contributed by atoms with Crippen LogP contribution in [0.5, 0.6) is 0 Å². The van der Waals surface area contributed by atoms with E-state index < -0.39 is 0 Å². The van der Waals surface area contributed by atoms with Crippen LogP contribution in [0.1, 0.15) is 30.1 Å². The summed E-state index contributed by atoms with van der Waals surface area (Å²) in [6, 6.07) is 5.39. The van der Waals surface area contributed by atoms with Gasteiger partial charge < -0.3 is 11.1 Å². The Bertz CT molecular complexity index is 366. The molecule has 0 atom stereocenters. The van der Waals surface area contributed by atoms with Crippen molar-refractivity contribution in [2.24, 2.45) is 0 Å². The number of carbonyl (C=O) groups is 1. The highest BCUT2D eigenvalue weighted by molar-refractivity contribution is 7.99. The van der Waals surface area contributed by atoms with E-state index in [9.17, 15) is 4.79 Å². The molecule has 0 aromatic heterocycles. The number of unbranched alkanes of at least 4 members (excludes halogenated alkanes) is 1. The first-order chi connectivity index (χ1) is 7.69. The van der Waals surface area contributed by atoms with E-state index in [4.69, 9.17) is 5.73 Å². The molecular formula is C12H18N2OS. The third-order valence-corrected chi connectivity index (χ3v) is 3.42. The number of hydrogen-bond acceptors (Lipinski definition) is 3. The van der Waals surface area contributed by atoms with E-state index in [0.29, 0.717) is 5.56 Å². The third kappa shape index (κ3) is 3.45. The summed E-state index contributed by atoms with van der Waals surface area (Å²) in [7, 11) is 1.63. The molecule has 3 nitrogen and oxygen atoms in total. The Balaban J connectivity index is 2.78. The molecule has 16 heavy (non-hydrogen) atoms. The van der Waals surface area contributed by atoms with Crippen LogP contribution in [0.25, 0.3) is 0 Å². The number of hydrogen-bond donors (Lipinski definition) is 2. The van der Waals surface area contributed by atoms with Crippen LogP contribution < -0.4 is 11.1 Å². The lowest BCUT2D eigenvalue weighted by Crippen LogP contribution is -2.17. The molecule has 0 unspecified atom stereocenters. The van der Waals surface area contributed by atoms with Gasteiger partial charge in [0, 0.05) is 23.2 Å². The summed E-state index contributed by atoms with van der Waals surface area (Å²) in [6.07, 6.45) is 2.33. The molecule has 1 aromatic rings. The quantitative estimate of drug-likeness (QED) is 0.471. The molecule has 0 fully saturated rings. The van der Waals surface area contributed by atoms with Crippen molar-refractivity contribution in [3.63, 3.8) is 0 Å². The molecule has 0 radical (unpaired) electrons. The van der Waals surface area contributed by atoms with Gasteiger partial charge in [0.05, 0.1) is 0 Å². The summed E-state index contributed by atoms with van der Waals surface area (Å²) >= 11 is 1.71. The van der Waals surface area contributed by atoms with Gasteiger partial charge in [-0.05, 0) is 30.4 Å². The molecule has 1 aromatic carbocycles. The number of rotatable bonds is 5. The molecule has 0 heterocycles. The summed E-state index contributed by atoms with van der Waals surface area (Å²) in [4.78, 5) is 12.4. The van der Waals surface area contributed by atoms with Gasteiger partial charge in [0.25, 0.3) is 5.91 Å². The lowest BCUT2D eigenvalue weighted by atomic mass is 10.2. The molecule has 3 N–H and O–H groups in total. The van der Waals surface area contributed by atoms with Crippen LogP contribution in [0.3, 0.4) is 0 Å². The minimum atomic E-state index is -0.0719. The van der Waals surface area contributed by atoms with Crippen molar-refractivity contribution in [3.05, 3.63) is 23.8 Å². The molecule has 1 amide bonds. The normalized spacial score (nSPS) is 10.1. The van der Waals surface area contributed by atoms with Gasteiger partial charge in [-0.3, -0.25) is 4.79 Å². The Morgan fingerprint density at radius 1 is 1.50 bits per heavy atom. The van der Waals surface area contributed by atoms with E-state index in [1.807, 2.05) is 6.07 Å². The molecule has 1 rings (SSSR count). The first-order valence-electron chi connectivity index (χ1n) is 5.43. The van der Waals surface area contributed by atoms with Crippen molar-refractivity contribution in [2.75, 3.05) is 18.5 Å². The van der Waals surface area contributed by atoms with Crippen molar-refractivity contribution in [3.8, 4) is 0 Å². The number of anilines is 1. The average molecular weight is 238 g/mol. The number of nitrogens with two attached hydrogens (primary N) is 1. The van der Waals surface area contributed by atoms with E-state index >= 15 is 0 Å². The summed E-state index contributed by atoms with van der Waals surface area (Å²) in [5, 5.41) is 2.61. The topological polar surface area (TPSA) is 55.1 Å². The van der Waals surface area contributed by atoms with Crippen molar-refractivity contribution in [1.82, 2.24) is 5.32 Å². The zero-order chi connectivity index (χ0) is 12.0.